The molecule has 2 nitrogen and oxygen atoms in total. The standard InChI is InChI=1S/C34H23NO/c1-34(2)29-14-7-6-11-22(29)27-18-28-24-13-8-12-23-26-17-21(20-9-4-3-5-10-20)15-16-25(26)33(36)35(32(23)24)31(28)19-30(27)34/h3-19H,1-2H3. The normalized spacial score (nSPS) is 14.2. The molecule has 1 aliphatic rings. The van der Waals surface area contributed by atoms with Gasteiger partial charge in [-0.25, -0.2) is 0 Å². The second-order valence-corrected chi connectivity index (χ2v) is 10.6. The van der Waals surface area contributed by atoms with Crippen molar-refractivity contribution in [1.82, 2.24) is 4.40 Å². The zero-order valence-electron chi connectivity index (χ0n) is 20.2. The average Bonchev–Trinajstić information content (AvgIpc) is 3.36. The van der Waals surface area contributed by atoms with Crippen LogP contribution in [0.25, 0.3) is 60.2 Å². The fraction of sp³-hybridized carbons (Fsp3) is 0.0882. The summed E-state index contributed by atoms with van der Waals surface area (Å²) in [4.78, 5) is 14.1. The van der Waals surface area contributed by atoms with E-state index >= 15 is 0 Å². The summed E-state index contributed by atoms with van der Waals surface area (Å²) in [7, 11) is 0. The van der Waals surface area contributed by atoms with Gasteiger partial charge in [-0.15, -0.1) is 0 Å². The van der Waals surface area contributed by atoms with E-state index in [-0.39, 0.29) is 11.0 Å². The number of hydrogen-bond donors (Lipinski definition) is 0. The van der Waals surface area contributed by atoms with E-state index in [1.54, 1.807) is 0 Å². The lowest BCUT2D eigenvalue weighted by Gasteiger charge is -2.21. The highest BCUT2D eigenvalue weighted by Gasteiger charge is 2.36. The summed E-state index contributed by atoms with van der Waals surface area (Å²) in [5.41, 5.74) is 9.46. The van der Waals surface area contributed by atoms with Gasteiger partial charge >= 0.3 is 0 Å². The van der Waals surface area contributed by atoms with Gasteiger partial charge < -0.3 is 0 Å². The Balaban J connectivity index is 1.53. The Morgan fingerprint density at radius 2 is 1.31 bits per heavy atom. The lowest BCUT2D eigenvalue weighted by molar-refractivity contribution is 0.661. The first-order valence-electron chi connectivity index (χ1n) is 12.5. The molecule has 7 aromatic rings. The Morgan fingerprint density at radius 1 is 0.556 bits per heavy atom. The maximum atomic E-state index is 14.1. The summed E-state index contributed by atoms with van der Waals surface area (Å²) in [6.07, 6.45) is 0. The lowest BCUT2D eigenvalue weighted by atomic mass is 9.82. The van der Waals surface area contributed by atoms with Crippen molar-refractivity contribution in [3.63, 3.8) is 0 Å². The van der Waals surface area contributed by atoms with Crippen LogP contribution in [0.3, 0.4) is 0 Å². The van der Waals surface area contributed by atoms with Crippen molar-refractivity contribution in [2.75, 3.05) is 0 Å². The largest absolute Gasteiger partial charge is 0.275 e. The van der Waals surface area contributed by atoms with Gasteiger partial charge in [-0.2, -0.15) is 0 Å². The van der Waals surface area contributed by atoms with Crippen molar-refractivity contribution in [1.29, 1.82) is 0 Å². The van der Waals surface area contributed by atoms with Crippen molar-refractivity contribution in [3.8, 4) is 22.3 Å². The molecule has 0 saturated heterocycles. The third-order valence-electron chi connectivity index (χ3n) is 8.34. The summed E-state index contributed by atoms with van der Waals surface area (Å²) in [5, 5.41) is 5.17. The Kier molecular flexibility index (Phi) is 3.64. The second-order valence-electron chi connectivity index (χ2n) is 10.6. The van der Waals surface area contributed by atoms with Crippen LogP contribution in [0.2, 0.25) is 0 Å². The van der Waals surface area contributed by atoms with Gasteiger partial charge in [0.25, 0.3) is 5.56 Å². The van der Waals surface area contributed by atoms with Gasteiger partial charge in [0.15, 0.2) is 0 Å². The number of pyridine rings is 1. The number of aromatic nitrogens is 1. The fourth-order valence-corrected chi connectivity index (χ4v) is 6.57. The van der Waals surface area contributed by atoms with Crippen LogP contribution in [-0.4, -0.2) is 4.40 Å². The predicted molar refractivity (Wildman–Crippen MR) is 150 cm³/mol. The molecule has 0 radical (unpaired) electrons. The zero-order chi connectivity index (χ0) is 24.2. The van der Waals surface area contributed by atoms with Gasteiger partial charge in [-0.05, 0) is 63.0 Å². The first-order valence-corrected chi connectivity index (χ1v) is 12.5. The van der Waals surface area contributed by atoms with Crippen molar-refractivity contribution < 1.29 is 0 Å². The fourth-order valence-electron chi connectivity index (χ4n) is 6.57. The molecule has 1 aliphatic carbocycles. The molecule has 2 heterocycles. The van der Waals surface area contributed by atoms with Gasteiger partial charge in [-0.3, -0.25) is 9.20 Å². The van der Waals surface area contributed by atoms with Crippen LogP contribution in [0.5, 0.6) is 0 Å². The predicted octanol–water partition coefficient (Wildman–Crippen LogP) is 8.17. The molecule has 0 spiro atoms. The maximum Gasteiger partial charge on any atom is 0.263 e. The molecule has 8 rings (SSSR count). The monoisotopic (exact) mass is 461 g/mol. The summed E-state index contributed by atoms with van der Waals surface area (Å²) in [6.45, 7) is 4.58. The quantitative estimate of drug-likeness (QED) is 0.226. The van der Waals surface area contributed by atoms with E-state index in [1.165, 1.54) is 22.3 Å². The molecule has 0 bridgehead atoms. The maximum absolute atomic E-state index is 14.1. The van der Waals surface area contributed by atoms with E-state index in [4.69, 9.17) is 0 Å². The molecule has 0 aliphatic heterocycles. The summed E-state index contributed by atoms with van der Waals surface area (Å²) < 4.78 is 1.96. The van der Waals surface area contributed by atoms with Crippen LogP contribution >= 0.6 is 0 Å². The Bertz CT molecular complexity index is 2080. The van der Waals surface area contributed by atoms with Crippen LogP contribution in [0, 0.1) is 0 Å². The average molecular weight is 462 g/mol. The van der Waals surface area contributed by atoms with Crippen molar-refractivity contribution in [3.05, 3.63) is 125 Å². The van der Waals surface area contributed by atoms with Gasteiger partial charge in [0.05, 0.1) is 11.0 Å². The van der Waals surface area contributed by atoms with Crippen LogP contribution in [0.1, 0.15) is 25.0 Å². The molecule has 0 fully saturated rings. The van der Waals surface area contributed by atoms with Crippen LogP contribution in [-0.2, 0) is 5.41 Å². The Hall–Kier alpha value is -4.43. The van der Waals surface area contributed by atoms with Crippen LogP contribution in [0.4, 0.5) is 0 Å². The third kappa shape index (κ3) is 2.34. The summed E-state index contributed by atoms with van der Waals surface area (Å²) in [5.74, 6) is 0. The number of hydrogen-bond acceptors (Lipinski definition) is 1. The minimum absolute atomic E-state index is 0.0524. The molecule has 2 heteroatoms. The van der Waals surface area contributed by atoms with Gasteiger partial charge in [0.2, 0.25) is 0 Å². The highest BCUT2D eigenvalue weighted by molar-refractivity contribution is 6.21. The minimum atomic E-state index is -0.111. The molecule has 0 amide bonds. The Morgan fingerprint density at radius 3 is 2.14 bits per heavy atom. The molecule has 5 aromatic carbocycles. The van der Waals surface area contributed by atoms with E-state index in [0.717, 1.165) is 49.1 Å². The molecular weight excluding hydrogens is 438 g/mol. The molecule has 0 N–H and O–H groups in total. The number of nitrogens with zero attached hydrogens (tertiary/aromatic N) is 1. The van der Waals surface area contributed by atoms with Gasteiger partial charge in [0, 0.05) is 27.0 Å². The number of rotatable bonds is 1. The van der Waals surface area contributed by atoms with Crippen LogP contribution in [0.15, 0.2) is 108 Å². The first kappa shape index (κ1) is 19.8. The first-order chi connectivity index (χ1) is 17.5. The highest BCUT2D eigenvalue weighted by Crippen LogP contribution is 2.50. The second kappa shape index (κ2) is 6.61. The zero-order valence-corrected chi connectivity index (χ0v) is 20.2. The molecule has 2 aromatic heterocycles. The van der Waals surface area contributed by atoms with E-state index < -0.39 is 0 Å². The highest BCUT2D eigenvalue weighted by atomic mass is 16.1. The van der Waals surface area contributed by atoms with E-state index in [0.29, 0.717) is 0 Å². The van der Waals surface area contributed by atoms with Crippen molar-refractivity contribution >= 4 is 38.0 Å². The molecule has 0 saturated carbocycles. The molecule has 0 atom stereocenters. The number of benzene rings is 5. The topological polar surface area (TPSA) is 21.5 Å². The molecular formula is C34H23NO. The smallest absolute Gasteiger partial charge is 0.263 e. The summed E-state index contributed by atoms with van der Waals surface area (Å²) >= 11 is 0. The number of fused-ring (bicyclic) bond motifs is 8. The van der Waals surface area contributed by atoms with Crippen molar-refractivity contribution in [2.45, 2.75) is 19.3 Å². The third-order valence-corrected chi connectivity index (χ3v) is 8.34. The van der Waals surface area contributed by atoms with Gasteiger partial charge in [0.1, 0.15) is 0 Å². The molecule has 0 unspecified atom stereocenters. The van der Waals surface area contributed by atoms with Crippen LogP contribution < -0.4 is 5.56 Å². The minimum Gasteiger partial charge on any atom is -0.275 e. The van der Waals surface area contributed by atoms with E-state index in [2.05, 4.69) is 105 Å². The Labute approximate surface area is 208 Å². The SMILES string of the molecule is CC1(C)c2ccccc2-c2cc3c4cccc5c6cc(-c7ccccc7)ccc6c(=O)n(c3cc21)c54. The lowest BCUT2D eigenvalue weighted by Crippen LogP contribution is -2.16. The van der Waals surface area contributed by atoms with E-state index in [1.807, 2.05) is 16.5 Å². The number of para-hydroxylation sites is 1. The van der Waals surface area contributed by atoms with Gasteiger partial charge in [-0.1, -0.05) is 92.7 Å². The van der Waals surface area contributed by atoms with E-state index in [9.17, 15) is 4.79 Å². The molecule has 36 heavy (non-hydrogen) atoms. The molecule has 170 valence electrons. The summed E-state index contributed by atoms with van der Waals surface area (Å²) in [6, 6.07) is 36.4. The van der Waals surface area contributed by atoms with Crippen molar-refractivity contribution in [2.24, 2.45) is 0 Å².